The zero-order chi connectivity index (χ0) is 18.8. The molecule has 9 heteroatoms. The number of hydrogen-bond acceptors (Lipinski definition) is 6. The summed E-state index contributed by atoms with van der Waals surface area (Å²) in [6, 6.07) is 4.43. The molecule has 0 aliphatic heterocycles. The van der Waals surface area contributed by atoms with Crippen LogP contribution < -0.4 is 4.73 Å². The van der Waals surface area contributed by atoms with Crippen molar-refractivity contribution in [2.45, 2.75) is 38.2 Å². The van der Waals surface area contributed by atoms with Crippen LogP contribution in [0, 0.1) is 17.9 Å². The second-order valence-electron chi connectivity index (χ2n) is 6.96. The average molecular weight is 369 g/mol. The monoisotopic (exact) mass is 369 g/mol. The van der Waals surface area contributed by atoms with Crippen LogP contribution in [-0.4, -0.2) is 24.6 Å². The van der Waals surface area contributed by atoms with Gasteiger partial charge in [0.1, 0.15) is 28.7 Å². The molecular formula is C18H16FN5O3. The predicted molar refractivity (Wildman–Crippen MR) is 92.0 cm³/mol. The predicted octanol–water partition coefficient (Wildman–Crippen LogP) is 2.38. The fraction of sp³-hybridized carbons (Fsp3) is 0.333. The van der Waals surface area contributed by atoms with Crippen LogP contribution in [0.3, 0.4) is 0 Å². The second kappa shape index (κ2) is 5.46. The molecular weight excluding hydrogens is 353 g/mol. The molecule has 0 unspecified atom stereocenters. The van der Waals surface area contributed by atoms with Crippen molar-refractivity contribution in [3.63, 3.8) is 0 Å². The summed E-state index contributed by atoms with van der Waals surface area (Å²) in [5, 5.41) is 27.2. The van der Waals surface area contributed by atoms with E-state index >= 15 is 0 Å². The lowest BCUT2D eigenvalue weighted by Gasteiger charge is -2.15. The third-order valence-electron chi connectivity index (χ3n) is 5.31. The van der Waals surface area contributed by atoms with E-state index in [1.165, 1.54) is 18.5 Å². The maximum absolute atomic E-state index is 14.2. The van der Waals surface area contributed by atoms with E-state index in [2.05, 4.69) is 15.1 Å². The van der Waals surface area contributed by atoms with Gasteiger partial charge in [0.25, 0.3) is 11.4 Å². The third kappa shape index (κ3) is 2.18. The Morgan fingerprint density at radius 1 is 1.33 bits per heavy atom. The van der Waals surface area contributed by atoms with Gasteiger partial charge in [0.05, 0.1) is 0 Å². The minimum atomic E-state index is -1.11. The summed E-state index contributed by atoms with van der Waals surface area (Å²) in [5.74, 6) is -0.254. The molecule has 1 fully saturated rings. The highest BCUT2D eigenvalue weighted by Gasteiger charge is 2.39. The van der Waals surface area contributed by atoms with Crippen molar-refractivity contribution in [1.82, 2.24) is 19.5 Å². The van der Waals surface area contributed by atoms with Crippen LogP contribution in [-0.2, 0) is 5.60 Å². The molecule has 1 aromatic carbocycles. The molecule has 27 heavy (non-hydrogen) atoms. The normalized spacial score (nSPS) is 16.6. The van der Waals surface area contributed by atoms with Gasteiger partial charge in [-0.05, 0) is 37.8 Å². The van der Waals surface area contributed by atoms with E-state index in [1.54, 1.807) is 17.4 Å². The molecule has 4 aromatic rings. The first-order chi connectivity index (χ1) is 13.0. The second-order valence-corrected chi connectivity index (χ2v) is 6.96. The van der Waals surface area contributed by atoms with Crippen molar-refractivity contribution in [2.24, 2.45) is 0 Å². The number of halogens is 1. The van der Waals surface area contributed by atoms with Crippen molar-refractivity contribution in [2.75, 3.05) is 0 Å². The molecule has 0 bridgehead atoms. The minimum Gasteiger partial charge on any atom is -0.618 e. The molecule has 3 heterocycles. The SMILES string of the molecule is Cc1c2c(-c3noc(C4(O)CCCC4)n3)ncn2c2cccc(F)c2[n+]1[O-]. The van der Waals surface area contributed by atoms with E-state index in [0.717, 1.165) is 12.8 Å². The average Bonchev–Trinajstić information content (AvgIpc) is 3.38. The molecule has 0 atom stereocenters. The topological polar surface area (TPSA) is 103 Å². The number of imidazole rings is 1. The third-order valence-corrected chi connectivity index (χ3v) is 5.31. The van der Waals surface area contributed by atoms with E-state index in [-0.39, 0.29) is 22.9 Å². The number of aryl methyl sites for hydroxylation is 1. The number of aromatic nitrogens is 5. The molecule has 0 saturated heterocycles. The molecule has 0 radical (unpaired) electrons. The van der Waals surface area contributed by atoms with Gasteiger partial charge in [-0.1, -0.05) is 11.2 Å². The molecule has 3 aromatic heterocycles. The van der Waals surface area contributed by atoms with E-state index in [1.807, 2.05) is 0 Å². The summed E-state index contributed by atoms with van der Waals surface area (Å²) < 4.78 is 21.7. The van der Waals surface area contributed by atoms with Gasteiger partial charge in [0, 0.05) is 6.92 Å². The summed E-state index contributed by atoms with van der Waals surface area (Å²) in [5.41, 5.74) is 0.312. The van der Waals surface area contributed by atoms with E-state index in [4.69, 9.17) is 4.52 Å². The highest BCUT2D eigenvalue weighted by Crippen LogP contribution is 2.38. The van der Waals surface area contributed by atoms with Gasteiger partial charge in [0.15, 0.2) is 5.82 Å². The molecule has 5 rings (SSSR count). The molecule has 8 nitrogen and oxygen atoms in total. The van der Waals surface area contributed by atoms with Crippen LogP contribution in [0.15, 0.2) is 29.0 Å². The minimum absolute atomic E-state index is 0.0551. The lowest BCUT2D eigenvalue weighted by Crippen LogP contribution is -2.33. The first-order valence-corrected chi connectivity index (χ1v) is 8.74. The van der Waals surface area contributed by atoms with Gasteiger partial charge in [-0.25, -0.2) is 4.98 Å². The lowest BCUT2D eigenvalue weighted by atomic mass is 10.0. The Kier molecular flexibility index (Phi) is 3.26. The zero-order valence-corrected chi connectivity index (χ0v) is 14.5. The van der Waals surface area contributed by atoms with Crippen LogP contribution >= 0.6 is 0 Å². The van der Waals surface area contributed by atoms with Crippen molar-refractivity contribution in [3.05, 3.63) is 47.1 Å². The van der Waals surface area contributed by atoms with E-state index < -0.39 is 11.4 Å². The van der Waals surface area contributed by atoms with E-state index in [0.29, 0.717) is 34.3 Å². The largest absolute Gasteiger partial charge is 0.618 e. The maximum atomic E-state index is 14.2. The van der Waals surface area contributed by atoms with Gasteiger partial charge in [-0.15, -0.1) is 0 Å². The number of fused-ring (bicyclic) bond motifs is 3. The Balaban J connectivity index is 1.74. The molecule has 0 spiro atoms. The Hall–Kier alpha value is -3.07. The maximum Gasteiger partial charge on any atom is 0.277 e. The van der Waals surface area contributed by atoms with Crippen LogP contribution in [0.4, 0.5) is 4.39 Å². The first kappa shape index (κ1) is 16.1. The fourth-order valence-corrected chi connectivity index (χ4v) is 3.89. The van der Waals surface area contributed by atoms with Crippen molar-refractivity contribution in [3.8, 4) is 11.5 Å². The Morgan fingerprint density at radius 2 is 2.11 bits per heavy atom. The number of para-hydroxylation sites is 1. The highest BCUT2D eigenvalue weighted by atomic mass is 19.1. The number of aliphatic hydroxyl groups is 1. The fourth-order valence-electron chi connectivity index (χ4n) is 3.89. The summed E-state index contributed by atoms with van der Waals surface area (Å²) in [6.07, 6.45) is 4.44. The first-order valence-electron chi connectivity index (χ1n) is 8.74. The number of hydrogen-bond donors (Lipinski definition) is 1. The number of benzene rings is 1. The van der Waals surface area contributed by atoms with E-state index in [9.17, 15) is 14.7 Å². The highest BCUT2D eigenvalue weighted by molar-refractivity contribution is 5.82. The quantitative estimate of drug-likeness (QED) is 0.430. The summed E-state index contributed by atoms with van der Waals surface area (Å²) in [6.45, 7) is 1.59. The summed E-state index contributed by atoms with van der Waals surface area (Å²) in [7, 11) is 0. The molecule has 1 aliphatic rings. The molecule has 1 saturated carbocycles. The van der Waals surface area contributed by atoms with Crippen molar-refractivity contribution >= 4 is 16.6 Å². The zero-order valence-electron chi connectivity index (χ0n) is 14.5. The number of nitrogens with zero attached hydrogens (tertiary/aromatic N) is 5. The molecule has 138 valence electrons. The molecule has 1 aliphatic carbocycles. The standard InChI is InChI=1S/C18H16FN5O3/c1-10-14-13(16-21-17(27-22-16)18(25)7-2-3-8-18)20-9-23(14)12-6-4-5-11(19)15(12)24(10)26/h4-6,9,25H,2-3,7-8H2,1H3. The summed E-state index contributed by atoms with van der Waals surface area (Å²) in [4.78, 5) is 8.67. The van der Waals surface area contributed by atoms with Gasteiger partial charge in [-0.3, -0.25) is 4.40 Å². The molecule has 0 amide bonds. The van der Waals surface area contributed by atoms with Crippen LogP contribution in [0.25, 0.3) is 28.1 Å². The van der Waals surface area contributed by atoms with Gasteiger partial charge >= 0.3 is 0 Å². The lowest BCUT2D eigenvalue weighted by molar-refractivity contribution is -0.584. The van der Waals surface area contributed by atoms with Crippen molar-refractivity contribution < 1.29 is 18.8 Å². The van der Waals surface area contributed by atoms with Gasteiger partial charge in [-0.2, -0.15) is 14.1 Å². The molecule has 1 N–H and O–H groups in total. The Labute approximate surface area is 152 Å². The van der Waals surface area contributed by atoms with Crippen LogP contribution in [0.2, 0.25) is 0 Å². The Bertz CT molecular complexity index is 1190. The number of rotatable bonds is 2. The van der Waals surface area contributed by atoms with Gasteiger partial charge < -0.3 is 14.8 Å². The van der Waals surface area contributed by atoms with Crippen LogP contribution in [0.5, 0.6) is 0 Å². The van der Waals surface area contributed by atoms with Crippen molar-refractivity contribution in [1.29, 1.82) is 0 Å². The van der Waals surface area contributed by atoms with Gasteiger partial charge in [0.2, 0.25) is 11.5 Å². The smallest absolute Gasteiger partial charge is 0.277 e. The van der Waals surface area contributed by atoms with Crippen LogP contribution in [0.1, 0.15) is 37.3 Å². The summed E-state index contributed by atoms with van der Waals surface area (Å²) >= 11 is 0. The Morgan fingerprint density at radius 3 is 2.89 bits per heavy atom.